The molecule has 1 atom stereocenters. The van der Waals surface area contributed by atoms with Crippen molar-refractivity contribution >= 4 is 0 Å². The Morgan fingerprint density at radius 2 is 1.86 bits per heavy atom. The highest BCUT2D eigenvalue weighted by Crippen LogP contribution is 2.38. The lowest BCUT2D eigenvalue weighted by molar-refractivity contribution is 0.197. The predicted molar refractivity (Wildman–Crippen MR) is 86.3 cm³/mol. The van der Waals surface area contributed by atoms with Crippen molar-refractivity contribution in [3.05, 3.63) is 71.3 Å². The predicted octanol–water partition coefficient (Wildman–Crippen LogP) is 3.56. The summed E-state index contributed by atoms with van der Waals surface area (Å²) >= 11 is 0. The van der Waals surface area contributed by atoms with E-state index in [1.807, 2.05) is 18.2 Å². The molecule has 2 aromatic carbocycles. The smallest absolute Gasteiger partial charge is 0.0626 e. The van der Waals surface area contributed by atoms with E-state index in [4.69, 9.17) is 0 Å². The Bertz CT molecular complexity index is 575. The maximum Gasteiger partial charge on any atom is 0.0626 e. The molecule has 0 radical (unpaired) electrons. The summed E-state index contributed by atoms with van der Waals surface area (Å²) in [7, 11) is 0. The summed E-state index contributed by atoms with van der Waals surface area (Å²) in [6.45, 7) is 2.30. The van der Waals surface area contributed by atoms with Gasteiger partial charge in [0.1, 0.15) is 0 Å². The molecule has 110 valence electrons. The fraction of sp³-hybridized carbons (Fsp3) is 0.368. The maximum absolute atomic E-state index is 9.60. The molecule has 0 aliphatic heterocycles. The molecule has 0 aromatic heterocycles. The molecule has 0 heterocycles. The Balaban J connectivity index is 1.57. The van der Waals surface area contributed by atoms with Crippen molar-refractivity contribution in [2.45, 2.75) is 37.8 Å². The van der Waals surface area contributed by atoms with Crippen molar-refractivity contribution in [1.29, 1.82) is 0 Å². The van der Waals surface area contributed by atoms with Gasteiger partial charge in [-0.05, 0) is 36.8 Å². The molecule has 0 spiro atoms. The van der Waals surface area contributed by atoms with E-state index in [1.54, 1.807) is 0 Å². The first-order chi connectivity index (χ1) is 10.3. The second-order valence-corrected chi connectivity index (χ2v) is 6.09. The summed E-state index contributed by atoms with van der Waals surface area (Å²) in [5, 5.41) is 13.2. The van der Waals surface area contributed by atoms with Gasteiger partial charge in [0.25, 0.3) is 0 Å². The molecule has 2 nitrogen and oxygen atoms in total. The highest BCUT2D eigenvalue weighted by molar-refractivity contribution is 5.28. The molecule has 1 aliphatic carbocycles. The van der Waals surface area contributed by atoms with Crippen molar-refractivity contribution < 1.29 is 5.11 Å². The molecule has 0 amide bonds. The lowest BCUT2D eigenvalue weighted by Gasteiger charge is -2.38. The van der Waals surface area contributed by atoms with E-state index >= 15 is 0 Å². The van der Waals surface area contributed by atoms with Gasteiger partial charge in [-0.25, -0.2) is 0 Å². The van der Waals surface area contributed by atoms with Gasteiger partial charge in [-0.1, -0.05) is 60.2 Å². The Hall–Kier alpha value is -1.64. The molecule has 0 bridgehead atoms. The SMILES string of the molecule is Cc1cccc(C2CC(NC(CO)c3ccccc3)C2)c1. The van der Waals surface area contributed by atoms with E-state index in [2.05, 4.69) is 48.6 Å². The molecular formula is C19H23NO. The highest BCUT2D eigenvalue weighted by atomic mass is 16.3. The van der Waals surface area contributed by atoms with Crippen LogP contribution >= 0.6 is 0 Å². The second-order valence-electron chi connectivity index (χ2n) is 6.09. The van der Waals surface area contributed by atoms with Crippen molar-refractivity contribution in [3.63, 3.8) is 0 Å². The van der Waals surface area contributed by atoms with Crippen LogP contribution in [-0.4, -0.2) is 17.8 Å². The third-order valence-electron chi connectivity index (χ3n) is 4.47. The second kappa shape index (κ2) is 6.42. The Morgan fingerprint density at radius 3 is 2.52 bits per heavy atom. The van der Waals surface area contributed by atoms with Crippen LogP contribution in [0, 0.1) is 6.92 Å². The third-order valence-corrected chi connectivity index (χ3v) is 4.47. The van der Waals surface area contributed by atoms with Crippen LogP contribution in [0.4, 0.5) is 0 Å². The minimum absolute atomic E-state index is 0.0506. The Kier molecular flexibility index (Phi) is 4.37. The monoisotopic (exact) mass is 281 g/mol. The Morgan fingerprint density at radius 1 is 1.10 bits per heavy atom. The molecule has 3 rings (SSSR count). The van der Waals surface area contributed by atoms with Gasteiger partial charge in [0.15, 0.2) is 0 Å². The zero-order chi connectivity index (χ0) is 14.7. The van der Waals surface area contributed by atoms with Crippen LogP contribution in [0.15, 0.2) is 54.6 Å². The molecule has 21 heavy (non-hydrogen) atoms. The fourth-order valence-corrected chi connectivity index (χ4v) is 3.17. The van der Waals surface area contributed by atoms with Gasteiger partial charge in [0, 0.05) is 6.04 Å². The van der Waals surface area contributed by atoms with Gasteiger partial charge in [0.2, 0.25) is 0 Å². The normalized spacial score (nSPS) is 22.6. The molecule has 1 fully saturated rings. The summed E-state index contributed by atoms with van der Waals surface area (Å²) in [5.41, 5.74) is 3.95. The first kappa shape index (κ1) is 14.3. The number of aryl methyl sites for hydroxylation is 1. The van der Waals surface area contributed by atoms with Crippen LogP contribution in [0.1, 0.15) is 41.5 Å². The summed E-state index contributed by atoms with van der Waals surface area (Å²) in [4.78, 5) is 0. The van der Waals surface area contributed by atoms with Gasteiger partial charge in [-0.15, -0.1) is 0 Å². The van der Waals surface area contributed by atoms with Gasteiger partial charge < -0.3 is 10.4 Å². The number of hydrogen-bond acceptors (Lipinski definition) is 2. The first-order valence-corrected chi connectivity index (χ1v) is 7.74. The molecule has 1 unspecified atom stereocenters. The average molecular weight is 281 g/mol. The average Bonchev–Trinajstić information content (AvgIpc) is 2.47. The molecule has 2 N–H and O–H groups in total. The van der Waals surface area contributed by atoms with Crippen LogP contribution in [0.3, 0.4) is 0 Å². The fourth-order valence-electron chi connectivity index (χ4n) is 3.17. The van der Waals surface area contributed by atoms with Gasteiger partial charge in [-0.2, -0.15) is 0 Å². The molecule has 1 saturated carbocycles. The van der Waals surface area contributed by atoms with Crippen LogP contribution in [0.2, 0.25) is 0 Å². The van der Waals surface area contributed by atoms with Crippen LogP contribution < -0.4 is 5.32 Å². The Labute approximate surface area is 126 Å². The zero-order valence-corrected chi connectivity index (χ0v) is 12.5. The number of aliphatic hydroxyl groups is 1. The van der Waals surface area contributed by atoms with Crippen molar-refractivity contribution in [1.82, 2.24) is 5.32 Å². The summed E-state index contributed by atoms with van der Waals surface area (Å²) in [6, 6.07) is 19.6. The van der Waals surface area contributed by atoms with Crippen LogP contribution in [-0.2, 0) is 0 Å². The minimum atomic E-state index is 0.0506. The molecule has 1 aliphatic rings. The lowest BCUT2D eigenvalue weighted by Crippen LogP contribution is -2.43. The van der Waals surface area contributed by atoms with E-state index in [0.29, 0.717) is 12.0 Å². The summed E-state index contributed by atoms with van der Waals surface area (Å²) in [5.74, 6) is 0.664. The minimum Gasteiger partial charge on any atom is -0.394 e. The standard InChI is InChI=1S/C19H23NO/c1-14-6-5-9-16(10-14)17-11-18(12-17)20-19(13-21)15-7-3-2-4-8-15/h2-10,17-21H,11-13H2,1H3. The summed E-state index contributed by atoms with van der Waals surface area (Å²) < 4.78 is 0. The number of aliphatic hydroxyl groups excluding tert-OH is 1. The maximum atomic E-state index is 9.60. The van der Waals surface area contributed by atoms with Gasteiger partial charge in [0.05, 0.1) is 12.6 Å². The van der Waals surface area contributed by atoms with E-state index in [0.717, 1.165) is 12.8 Å². The van der Waals surface area contributed by atoms with E-state index in [-0.39, 0.29) is 12.6 Å². The van der Waals surface area contributed by atoms with Crippen molar-refractivity contribution in [3.8, 4) is 0 Å². The molecule has 0 saturated heterocycles. The number of hydrogen-bond donors (Lipinski definition) is 2. The van der Waals surface area contributed by atoms with Crippen molar-refractivity contribution in [2.24, 2.45) is 0 Å². The largest absolute Gasteiger partial charge is 0.394 e. The molecule has 2 aromatic rings. The van der Waals surface area contributed by atoms with Gasteiger partial charge >= 0.3 is 0 Å². The van der Waals surface area contributed by atoms with Crippen LogP contribution in [0.5, 0.6) is 0 Å². The third kappa shape index (κ3) is 3.34. The number of benzene rings is 2. The van der Waals surface area contributed by atoms with E-state index < -0.39 is 0 Å². The van der Waals surface area contributed by atoms with E-state index in [1.165, 1.54) is 16.7 Å². The molecular weight excluding hydrogens is 258 g/mol. The topological polar surface area (TPSA) is 32.3 Å². The van der Waals surface area contributed by atoms with E-state index in [9.17, 15) is 5.11 Å². The quantitative estimate of drug-likeness (QED) is 0.878. The highest BCUT2D eigenvalue weighted by Gasteiger charge is 2.31. The lowest BCUT2D eigenvalue weighted by atomic mass is 9.75. The number of rotatable bonds is 5. The zero-order valence-electron chi connectivity index (χ0n) is 12.5. The van der Waals surface area contributed by atoms with Gasteiger partial charge in [-0.3, -0.25) is 0 Å². The summed E-state index contributed by atoms with van der Waals surface area (Å²) in [6.07, 6.45) is 2.32. The van der Waals surface area contributed by atoms with Crippen LogP contribution in [0.25, 0.3) is 0 Å². The molecule has 2 heteroatoms. The van der Waals surface area contributed by atoms with Crippen molar-refractivity contribution in [2.75, 3.05) is 6.61 Å². The first-order valence-electron chi connectivity index (χ1n) is 7.74. The number of nitrogens with one attached hydrogen (secondary N) is 1.